The maximum absolute atomic E-state index is 12.3. The van der Waals surface area contributed by atoms with Crippen molar-refractivity contribution in [3.8, 4) is 6.07 Å². The number of carbonyl (C=O) groups is 1. The first-order chi connectivity index (χ1) is 8.63. The monoisotopic (exact) mass is 256 g/mol. The van der Waals surface area contributed by atoms with E-state index in [0.717, 1.165) is 10.4 Å². The molecule has 0 saturated heterocycles. The van der Waals surface area contributed by atoms with E-state index in [1.54, 1.807) is 24.4 Å². The highest BCUT2D eigenvalue weighted by molar-refractivity contribution is 7.14. The molecule has 0 radical (unpaired) electrons. The summed E-state index contributed by atoms with van der Waals surface area (Å²) in [5.41, 5.74) is 1.59. The highest BCUT2D eigenvalue weighted by Gasteiger charge is 2.24. The van der Waals surface area contributed by atoms with Crippen LogP contribution in [0.2, 0.25) is 0 Å². The fraction of sp³-hybridized carbons (Fsp3) is 0.214. The van der Waals surface area contributed by atoms with Crippen LogP contribution in [0, 0.1) is 25.2 Å². The van der Waals surface area contributed by atoms with Crippen molar-refractivity contribution in [2.45, 2.75) is 19.8 Å². The lowest BCUT2D eigenvalue weighted by atomic mass is 10.00. The van der Waals surface area contributed by atoms with Crippen LogP contribution in [0.25, 0.3) is 0 Å². The second kappa shape index (κ2) is 5.11. The Morgan fingerprint density at radius 1 is 1.44 bits per heavy atom. The lowest BCUT2D eigenvalue weighted by Gasteiger charge is -2.05. The summed E-state index contributed by atoms with van der Waals surface area (Å²) >= 11 is 1.43. The predicted molar refractivity (Wildman–Crippen MR) is 70.7 cm³/mol. The second-order valence-electron chi connectivity index (χ2n) is 4.03. The number of hydrogen-bond donors (Lipinski definition) is 0. The van der Waals surface area contributed by atoms with Crippen molar-refractivity contribution in [2.24, 2.45) is 0 Å². The lowest BCUT2D eigenvalue weighted by molar-refractivity contribution is 0.0981. The molecule has 2 rings (SSSR count). The number of ketones is 1. The van der Waals surface area contributed by atoms with E-state index in [1.807, 2.05) is 26.0 Å². The predicted octanol–water partition coefficient (Wildman–Crippen LogP) is 3.25. The number of aromatic nitrogens is 1. The summed E-state index contributed by atoms with van der Waals surface area (Å²) in [6.07, 6.45) is 1.60. The first kappa shape index (κ1) is 12.5. The highest BCUT2D eigenvalue weighted by atomic mass is 32.1. The third kappa shape index (κ3) is 2.31. The SMILES string of the molecule is Cc1cc(C(=O)C(C#N)c2ccccn2)sc1C. The minimum Gasteiger partial charge on any atom is -0.291 e. The van der Waals surface area contributed by atoms with Crippen molar-refractivity contribution in [1.29, 1.82) is 5.26 Å². The maximum Gasteiger partial charge on any atom is 0.195 e. The summed E-state index contributed by atoms with van der Waals surface area (Å²) in [4.78, 5) is 18.1. The van der Waals surface area contributed by atoms with E-state index >= 15 is 0 Å². The van der Waals surface area contributed by atoms with Crippen molar-refractivity contribution >= 4 is 17.1 Å². The Morgan fingerprint density at radius 2 is 2.22 bits per heavy atom. The largest absolute Gasteiger partial charge is 0.291 e. The fourth-order valence-electron chi connectivity index (χ4n) is 1.64. The standard InChI is InChI=1S/C14H12N2OS/c1-9-7-13(18-10(9)2)14(17)11(8-15)12-5-3-4-6-16-12/h3-7,11H,1-2H3. The molecule has 4 heteroatoms. The van der Waals surface area contributed by atoms with E-state index < -0.39 is 5.92 Å². The molecule has 0 fully saturated rings. The number of rotatable bonds is 3. The Hall–Kier alpha value is -1.99. The molecular weight excluding hydrogens is 244 g/mol. The van der Waals surface area contributed by atoms with Gasteiger partial charge in [0.15, 0.2) is 11.7 Å². The van der Waals surface area contributed by atoms with E-state index in [0.29, 0.717) is 10.6 Å². The van der Waals surface area contributed by atoms with Crippen LogP contribution < -0.4 is 0 Å². The van der Waals surface area contributed by atoms with Gasteiger partial charge < -0.3 is 0 Å². The van der Waals surface area contributed by atoms with Crippen LogP contribution in [0.4, 0.5) is 0 Å². The zero-order valence-electron chi connectivity index (χ0n) is 10.2. The lowest BCUT2D eigenvalue weighted by Crippen LogP contribution is -2.11. The van der Waals surface area contributed by atoms with Gasteiger partial charge in [-0.2, -0.15) is 5.26 Å². The molecule has 3 nitrogen and oxygen atoms in total. The number of carbonyl (C=O) groups excluding carboxylic acids is 1. The summed E-state index contributed by atoms with van der Waals surface area (Å²) in [7, 11) is 0. The Kier molecular flexibility index (Phi) is 3.54. The molecule has 0 spiro atoms. The zero-order chi connectivity index (χ0) is 13.1. The smallest absolute Gasteiger partial charge is 0.195 e. The summed E-state index contributed by atoms with van der Waals surface area (Å²) in [6.45, 7) is 3.93. The molecule has 0 N–H and O–H groups in total. The van der Waals surface area contributed by atoms with Crippen molar-refractivity contribution in [1.82, 2.24) is 4.98 Å². The average Bonchev–Trinajstić information content (AvgIpc) is 2.72. The van der Waals surface area contributed by atoms with Gasteiger partial charge in [-0.15, -0.1) is 11.3 Å². The third-order valence-electron chi connectivity index (χ3n) is 2.78. The van der Waals surface area contributed by atoms with Crippen molar-refractivity contribution in [3.63, 3.8) is 0 Å². The zero-order valence-corrected chi connectivity index (χ0v) is 11.0. The van der Waals surface area contributed by atoms with E-state index in [9.17, 15) is 10.1 Å². The van der Waals surface area contributed by atoms with Gasteiger partial charge >= 0.3 is 0 Å². The number of pyridine rings is 1. The maximum atomic E-state index is 12.3. The van der Waals surface area contributed by atoms with Gasteiger partial charge in [-0.1, -0.05) is 6.07 Å². The second-order valence-corrected chi connectivity index (χ2v) is 5.29. The molecule has 0 aliphatic carbocycles. The van der Waals surface area contributed by atoms with Gasteiger partial charge in [0.1, 0.15) is 0 Å². The molecule has 0 bridgehead atoms. The molecule has 18 heavy (non-hydrogen) atoms. The molecule has 0 aliphatic rings. The van der Waals surface area contributed by atoms with Crippen LogP contribution in [-0.2, 0) is 0 Å². The average molecular weight is 256 g/mol. The Morgan fingerprint density at radius 3 is 2.72 bits per heavy atom. The van der Waals surface area contributed by atoms with Crippen molar-refractivity contribution in [3.05, 3.63) is 51.5 Å². The van der Waals surface area contributed by atoms with E-state index in [4.69, 9.17) is 0 Å². The first-order valence-corrected chi connectivity index (χ1v) is 6.37. The van der Waals surface area contributed by atoms with Crippen LogP contribution >= 0.6 is 11.3 Å². The van der Waals surface area contributed by atoms with Crippen LogP contribution in [-0.4, -0.2) is 10.8 Å². The molecule has 0 amide bonds. The van der Waals surface area contributed by atoms with Crippen LogP contribution in [0.1, 0.15) is 31.7 Å². The number of thiophene rings is 1. The number of nitriles is 1. The number of nitrogens with zero attached hydrogens (tertiary/aromatic N) is 2. The molecule has 0 saturated carbocycles. The van der Waals surface area contributed by atoms with Gasteiger partial charge in [0.2, 0.25) is 0 Å². The molecule has 90 valence electrons. The Bertz CT molecular complexity index is 591. The van der Waals surface area contributed by atoms with Crippen molar-refractivity contribution < 1.29 is 4.79 Å². The van der Waals surface area contributed by atoms with Crippen LogP contribution in [0.5, 0.6) is 0 Å². The van der Waals surface area contributed by atoms with Gasteiger partial charge in [-0.25, -0.2) is 0 Å². The molecule has 0 aliphatic heterocycles. The van der Waals surface area contributed by atoms with Gasteiger partial charge in [0.25, 0.3) is 0 Å². The topological polar surface area (TPSA) is 53.8 Å². The van der Waals surface area contributed by atoms with Gasteiger partial charge in [0.05, 0.1) is 16.6 Å². The van der Waals surface area contributed by atoms with E-state index in [2.05, 4.69) is 4.98 Å². The molecule has 2 aromatic heterocycles. The summed E-state index contributed by atoms with van der Waals surface area (Å²) in [6, 6.07) is 9.14. The fourth-order valence-corrected chi connectivity index (χ4v) is 2.65. The number of Topliss-reactive ketones (excluding diaryl/α,β-unsaturated/α-hetero) is 1. The van der Waals surface area contributed by atoms with Gasteiger partial charge in [-0.05, 0) is 37.6 Å². The van der Waals surface area contributed by atoms with Crippen molar-refractivity contribution in [2.75, 3.05) is 0 Å². The van der Waals surface area contributed by atoms with Crippen LogP contribution in [0.15, 0.2) is 30.5 Å². The molecule has 1 unspecified atom stereocenters. The molecule has 2 heterocycles. The quantitative estimate of drug-likeness (QED) is 0.792. The molecule has 1 atom stereocenters. The minimum absolute atomic E-state index is 0.169. The summed E-state index contributed by atoms with van der Waals surface area (Å²) in [5.74, 6) is -0.985. The summed E-state index contributed by atoms with van der Waals surface area (Å²) in [5, 5.41) is 9.18. The Labute approximate surface area is 110 Å². The van der Waals surface area contributed by atoms with Crippen LogP contribution in [0.3, 0.4) is 0 Å². The van der Waals surface area contributed by atoms with Gasteiger partial charge in [-0.3, -0.25) is 9.78 Å². The molecule has 2 aromatic rings. The van der Waals surface area contributed by atoms with E-state index in [1.165, 1.54) is 11.3 Å². The highest BCUT2D eigenvalue weighted by Crippen LogP contribution is 2.26. The minimum atomic E-state index is -0.816. The Balaban J connectivity index is 2.35. The number of aryl methyl sites for hydroxylation is 2. The van der Waals surface area contributed by atoms with E-state index in [-0.39, 0.29) is 5.78 Å². The third-order valence-corrected chi connectivity index (χ3v) is 3.95. The molecule has 0 aromatic carbocycles. The number of hydrogen-bond acceptors (Lipinski definition) is 4. The molecular formula is C14H12N2OS. The van der Waals surface area contributed by atoms with Gasteiger partial charge in [0, 0.05) is 11.1 Å². The first-order valence-electron chi connectivity index (χ1n) is 5.55. The normalized spacial score (nSPS) is 11.8. The summed E-state index contributed by atoms with van der Waals surface area (Å²) < 4.78 is 0.